The summed E-state index contributed by atoms with van der Waals surface area (Å²) in [6.45, 7) is 0.696. The van der Waals surface area contributed by atoms with Crippen LogP contribution in [0.3, 0.4) is 0 Å². The zero-order valence-electron chi connectivity index (χ0n) is 9.55. The molecule has 0 aromatic carbocycles. The number of rotatable bonds is 4. The first-order valence-electron chi connectivity index (χ1n) is 5.30. The van der Waals surface area contributed by atoms with E-state index in [1.54, 1.807) is 7.11 Å². The maximum atomic E-state index is 5.84. The number of hydrogen-bond donors (Lipinski definition) is 2. The Kier molecular flexibility index (Phi) is 4.31. The topological polar surface area (TPSA) is 50.5 Å². The number of ether oxygens (including phenoxy) is 1. The van der Waals surface area contributed by atoms with Gasteiger partial charge in [-0.3, -0.25) is 5.01 Å². The van der Waals surface area contributed by atoms with Crippen molar-refractivity contribution < 1.29 is 4.74 Å². The fourth-order valence-electron chi connectivity index (χ4n) is 2.22. The first-order valence-corrected chi connectivity index (χ1v) is 5.30. The Balaban J connectivity index is 2.48. The summed E-state index contributed by atoms with van der Waals surface area (Å²) in [5.41, 5.74) is 9.38. The second-order valence-electron chi connectivity index (χ2n) is 4.43. The average molecular weight is 201 g/mol. The first kappa shape index (κ1) is 11.9. The smallest absolute Gasteiger partial charge is 0.0572 e. The van der Waals surface area contributed by atoms with Crippen LogP contribution in [0.25, 0.3) is 0 Å². The summed E-state index contributed by atoms with van der Waals surface area (Å²) in [5, 5.41) is 2.00. The standard InChI is InChI=1S/C10H23N3O/c1-13(2)12-10(8-11)6-4-9(14-3)5-7-10/h9,12H,4-8,11H2,1-3H3. The lowest BCUT2D eigenvalue weighted by Gasteiger charge is -2.41. The van der Waals surface area contributed by atoms with Crippen molar-refractivity contribution in [3.05, 3.63) is 0 Å². The second-order valence-corrected chi connectivity index (χ2v) is 4.43. The summed E-state index contributed by atoms with van der Waals surface area (Å²) in [5.74, 6) is 0. The summed E-state index contributed by atoms with van der Waals surface area (Å²) in [4.78, 5) is 0. The molecule has 14 heavy (non-hydrogen) atoms. The van der Waals surface area contributed by atoms with Crippen LogP contribution in [0, 0.1) is 0 Å². The highest BCUT2D eigenvalue weighted by Gasteiger charge is 2.34. The van der Waals surface area contributed by atoms with Gasteiger partial charge in [0, 0.05) is 33.3 Å². The summed E-state index contributed by atoms with van der Waals surface area (Å²) >= 11 is 0. The molecule has 1 saturated carbocycles. The molecule has 4 nitrogen and oxygen atoms in total. The van der Waals surface area contributed by atoms with Crippen molar-refractivity contribution in [2.75, 3.05) is 27.7 Å². The van der Waals surface area contributed by atoms with Crippen molar-refractivity contribution in [2.24, 2.45) is 5.73 Å². The van der Waals surface area contributed by atoms with Gasteiger partial charge < -0.3 is 10.5 Å². The van der Waals surface area contributed by atoms with Crippen molar-refractivity contribution in [3.63, 3.8) is 0 Å². The molecule has 0 saturated heterocycles. The highest BCUT2D eigenvalue weighted by molar-refractivity contribution is 4.93. The highest BCUT2D eigenvalue weighted by atomic mass is 16.5. The SMILES string of the molecule is COC1CCC(CN)(NN(C)C)CC1. The van der Waals surface area contributed by atoms with Gasteiger partial charge in [0.1, 0.15) is 0 Å². The number of hydrogen-bond acceptors (Lipinski definition) is 4. The van der Waals surface area contributed by atoms with Gasteiger partial charge in [0.2, 0.25) is 0 Å². The summed E-state index contributed by atoms with van der Waals surface area (Å²) in [6.07, 6.45) is 4.84. The molecule has 0 heterocycles. The third-order valence-electron chi connectivity index (χ3n) is 3.07. The molecule has 1 rings (SSSR count). The van der Waals surface area contributed by atoms with E-state index < -0.39 is 0 Å². The Hall–Kier alpha value is -0.160. The predicted octanol–water partition coefficient (Wildman–Crippen LogP) is 0.339. The molecule has 0 aromatic heterocycles. The van der Waals surface area contributed by atoms with E-state index >= 15 is 0 Å². The number of nitrogens with zero attached hydrogens (tertiary/aromatic N) is 1. The van der Waals surface area contributed by atoms with E-state index in [4.69, 9.17) is 10.5 Å². The third kappa shape index (κ3) is 2.92. The van der Waals surface area contributed by atoms with Crippen molar-refractivity contribution in [1.82, 2.24) is 10.4 Å². The normalized spacial score (nSPS) is 33.6. The second kappa shape index (κ2) is 5.07. The predicted molar refractivity (Wildman–Crippen MR) is 57.9 cm³/mol. The molecular formula is C10H23N3O. The van der Waals surface area contributed by atoms with Crippen LogP contribution in [0.15, 0.2) is 0 Å². The number of hydrazine groups is 1. The number of nitrogens with one attached hydrogen (secondary N) is 1. The van der Waals surface area contributed by atoms with Crippen LogP contribution in [-0.4, -0.2) is 44.4 Å². The van der Waals surface area contributed by atoms with Crippen molar-refractivity contribution in [2.45, 2.75) is 37.3 Å². The summed E-state index contributed by atoms with van der Waals surface area (Å²) in [7, 11) is 5.82. The molecule has 0 radical (unpaired) electrons. The molecule has 0 spiro atoms. The largest absolute Gasteiger partial charge is 0.381 e. The lowest BCUT2D eigenvalue weighted by atomic mass is 9.81. The molecule has 4 heteroatoms. The molecule has 0 atom stereocenters. The molecule has 3 N–H and O–H groups in total. The van der Waals surface area contributed by atoms with E-state index in [2.05, 4.69) is 5.43 Å². The quantitative estimate of drug-likeness (QED) is 0.644. The van der Waals surface area contributed by atoms with E-state index in [-0.39, 0.29) is 5.54 Å². The fourth-order valence-corrected chi connectivity index (χ4v) is 2.22. The van der Waals surface area contributed by atoms with Gasteiger partial charge in [0.15, 0.2) is 0 Å². The van der Waals surface area contributed by atoms with Gasteiger partial charge >= 0.3 is 0 Å². The van der Waals surface area contributed by atoms with Gasteiger partial charge in [0.05, 0.1) is 6.10 Å². The van der Waals surface area contributed by atoms with Gasteiger partial charge in [-0.1, -0.05) is 0 Å². The van der Waals surface area contributed by atoms with Crippen molar-refractivity contribution in [3.8, 4) is 0 Å². The van der Waals surface area contributed by atoms with Crippen LogP contribution in [0.1, 0.15) is 25.7 Å². The minimum atomic E-state index is 0.0958. The van der Waals surface area contributed by atoms with E-state index in [9.17, 15) is 0 Å². The minimum Gasteiger partial charge on any atom is -0.381 e. The zero-order chi connectivity index (χ0) is 10.6. The molecular weight excluding hydrogens is 178 g/mol. The Morgan fingerprint density at radius 3 is 2.36 bits per heavy atom. The van der Waals surface area contributed by atoms with Gasteiger partial charge in [-0.15, -0.1) is 0 Å². The molecule has 0 unspecified atom stereocenters. The fraction of sp³-hybridized carbons (Fsp3) is 1.00. The summed E-state index contributed by atoms with van der Waals surface area (Å²) < 4.78 is 5.35. The minimum absolute atomic E-state index is 0.0958. The van der Waals surface area contributed by atoms with Crippen LogP contribution in [-0.2, 0) is 4.74 Å². The van der Waals surface area contributed by atoms with Gasteiger partial charge in [-0.05, 0) is 25.7 Å². The van der Waals surface area contributed by atoms with E-state index in [1.807, 2.05) is 19.1 Å². The van der Waals surface area contributed by atoms with Crippen LogP contribution in [0.4, 0.5) is 0 Å². The average Bonchev–Trinajstić information content (AvgIpc) is 2.18. The molecule has 1 aliphatic rings. The van der Waals surface area contributed by atoms with Crippen LogP contribution >= 0.6 is 0 Å². The lowest BCUT2D eigenvalue weighted by Crippen LogP contribution is -2.58. The Labute approximate surface area is 86.8 Å². The number of nitrogens with two attached hydrogens (primary N) is 1. The van der Waals surface area contributed by atoms with Gasteiger partial charge in [-0.25, -0.2) is 5.43 Å². The molecule has 0 aliphatic heterocycles. The molecule has 0 bridgehead atoms. The zero-order valence-corrected chi connectivity index (χ0v) is 9.55. The van der Waals surface area contributed by atoms with Crippen LogP contribution in [0.2, 0.25) is 0 Å². The summed E-state index contributed by atoms with van der Waals surface area (Å²) in [6, 6.07) is 0. The lowest BCUT2D eigenvalue weighted by molar-refractivity contribution is 0.0242. The first-order chi connectivity index (χ1) is 6.62. The molecule has 1 fully saturated rings. The van der Waals surface area contributed by atoms with E-state index in [0.717, 1.165) is 25.7 Å². The van der Waals surface area contributed by atoms with Crippen LogP contribution < -0.4 is 11.2 Å². The van der Waals surface area contributed by atoms with E-state index in [1.165, 1.54) is 0 Å². The van der Waals surface area contributed by atoms with Gasteiger partial charge in [0.25, 0.3) is 0 Å². The van der Waals surface area contributed by atoms with Gasteiger partial charge in [-0.2, -0.15) is 0 Å². The van der Waals surface area contributed by atoms with Crippen molar-refractivity contribution >= 4 is 0 Å². The molecule has 1 aliphatic carbocycles. The maximum absolute atomic E-state index is 5.84. The molecule has 0 amide bonds. The van der Waals surface area contributed by atoms with Crippen molar-refractivity contribution in [1.29, 1.82) is 0 Å². The number of methoxy groups -OCH3 is 1. The highest BCUT2D eigenvalue weighted by Crippen LogP contribution is 2.29. The Bertz CT molecular complexity index is 165. The van der Waals surface area contributed by atoms with E-state index in [0.29, 0.717) is 12.6 Å². The Morgan fingerprint density at radius 2 is 2.00 bits per heavy atom. The van der Waals surface area contributed by atoms with Crippen LogP contribution in [0.5, 0.6) is 0 Å². The molecule has 84 valence electrons. The maximum Gasteiger partial charge on any atom is 0.0572 e. The monoisotopic (exact) mass is 201 g/mol. The third-order valence-corrected chi connectivity index (χ3v) is 3.07. The Morgan fingerprint density at radius 1 is 1.43 bits per heavy atom. The molecule has 0 aromatic rings.